The van der Waals surface area contributed by atoms with Gasteiger partial charge in [-0.3, -0.25) is 4.98 Å². The van der Waals surface area contributed by atoms with E-state index in [1.807, 2.05) is 49.4 Å². The van der Waals surface area contributed by atoms with Crippen LogP contribution in [0.1, 0.15) is 35.2 Å². The van der Waals surface area contributed by atoms with E-state index in [0.29, 0.717) is 28.1 Å². The number of ether oxygens (including phenoxy) is 1. The lowest BCUT2D eigenvalue weighted by Crippen LogP contribution is -2.03. The summed E-state index contributed by atoms with van der Waals surface area (Å²) in [7, 11) is 0. The summed E-state index contributed by atoms with van der Waals surface area (Å²) in [5.41, 5.74) is 2.18. The van der Waals surface area contributed by atoms with Crippen LogP contribution >= 0.6 is 34.7 Å². The maximum Gasteiger partial charge on any atom is 0.188 e. The van der Waals surface area contributed by atoms with Gasteiger partial charge < -0.3 is 20.3 Å². The van der Waals surface area contributed by atoms with E-state index in [1.54, 1.807) is 29.5 Å². The lowest BCUT2D eigenvalue weighted by molar-refractivity contribution is 0.0928. The van der Waals surface area contributed by atoms with Crippen LogP contribution in [0.5, 0.6) is 11.5 Å². The minimum atomic E-state index is -1.03. The molecule has 4 rings (SSSR count). The van der Waals surface area contributed by atoms with Crippen LogP contribution in [0.3, 0.4) is 0 Å². The number of anilines is 2. The first-order valence-corrected chi connectivity index (χ1v) is 12.6. The number of nitrogens with zero attached hydrogens (tertiary/aromatic N) is 3. The number of aliphatic hydroxyl groups excluding tert-OH is 2. The van der Waals surface area contributed by atoms with Crippen molar-refractivity contribution in [1.82, 2.24) is 15.0 Å². The van der Waals surface area contributed by atoms with E-state index in [4.69, 9.17) is 21.4 Å². The largest absolute Gasteiger partial charge is 0.452 e. The summed E-state index contributed by atoms with van der Waals surface area (Å²) < 4.78 is 6.20. The molecule has 0 spiro atoms. The van der Waals surface area contributed by atoms with Crippen LogP contribution in [0.25, 0.3) is 0 Å². The molecule has 0 saturated carbocycles. The lowest BCUT2D eigenvalue weighted by Gasteiger charge is -2.16. The Bertz CT molecular complexity index is 1270. The molecule has 0 aliphatic carbocycles. The highest BCUT2D eigenvalue weighted by Gasteiger charge is 2.17. The molecule has 0 saturated heterocycles. The third-order valence-electron chi connectivity index (χ3n) is 4.92. The second-order valence-electron chi connectivity index (χ2n) is 7.39. The Hall–Kier alpha value is -2.69. The summed E-state index contributed by atoms with van der Waals surface area (Å²) in [5, 5.41) is 25.2. The summed E-state index contributed by atoms with van der Waals surface area (Å²) in [6, 6.07) is 13.4. The Morgan fingerprint density at radius 3 is 2.76 bits per heavy atom. The van der Waals surface area contributed by atoms with Gasteiger partial charge in [0.05, 0.1) is 18.0 Å². The molecule has 1 aromatic carbocycles. The van der Waals surface area contributed by atoms with Gasteiger partial charge in [0.15, 0.2) is 16.7 Å². The van der Waals surface area contributed by atoms with Gasteiger partial charge in [-0.15, -0.1) is 23.1 Å². The van der Waals surface area contributed by atoms with Crippen molar-refractivity contribution >= 4 is 45.6 Å². The molecule has 34 heavy (non-hydrogen) atoms. The van der Waals surface area contributed by atoms with Crippen LogP contribution in [0.4, 0.5) is 10.9 Å². The predicted molar refractivity (Wildman–Crippen MR) is 136 cm³/mol. The first-order valence-electron chi connectivity index (χ1n) is 10.5. The SMILES string of the molecule is Cc1ncccc1Oc1cc(SC(C)c2ccccc2Cl)cnc1Nc1nc(C(O)CO)cs1. The number of aryl methyl sites for hydroxylation is 1. The number of aromatic nitrogens is 3. The number of hydrogen-bond acceptors (Lipinski definition) is 9. The van der Waals surface area contributed by atoms with Crippen molar-refractivity contribution in [3.8, 4) is 11.5 Å². The van der Waals surface area contributed by atoms with Crippen LogP contribution in [0.15, 0.2) is 65.1 Å². The number of thiazole rings is 1. The summed E-state index contributed by atoms with van der Waals surface area (Å²) in [6.07, 6.45) is 2.44. The minimum Gasteiger partial charge on any atom is -0.452 e. The summed E-state index contributed by atoms with van der Waals surface area (Å²) in [6.45, 7) is 3.57. The lowest BCUT2D eigenvalue weighted by atomic mass is 10.2. The molecule has 7 nitrogen and oxygen atoms in total. The Balaban J connectivity index is 1.63. The number of pyridine rings is 2. The quantitative estimate of drug-likeness (QED) is 0.223. The summed E-state index contributed by atoms with van der Waals surface area (Å²) >= 11 is 9.30. The number of hydrogen-bond donors (Lipinski definition) is 3. The monoisotopic (exact) mass is 514 g/mol. The van der Waals surface area contributed by atoms with Gasteiger partial charge in [-0.05, 0) is 43.7 Å². The Labute approximate surface area is 210 Å². The van der Waals surface area contributed by atoms with Crippen molar-refractivity contribution in [2.24, 2.45) is 0 Å². The standard InChI is InChI=1S/C24H23ClN4O3S2/c1-14-21(8-5-9-26-14)32-22-10-16(34-15(2)17-6-3-4-7-18(17)25)11-27-23(22)29-24-28-19(13-33-24)20(31)12-30/h3-11,13,15,20,30-31H,12H2,1-2H3,(H,27,28,29). The second kappa shape index (κ2) is 11.2. The zero-order valence-electron chi connectivity index (χ0n) is 18.5. The Kier molecular flexibility index (Phi) is 8.02. The van der Waals surface area contributed by atoms with Crippen LogP contribution < -0.4 is 10.1 Å². The fraction of sp³-hybridized carbons (Fsp3) is 0.208. The number of aliphatic hydroxyl groups is 2. The molecule has 0 amide bonds. The molecule has 0 fully saturated rings. The minimum absolute atomic E-state index is 0.101. The first-order chi connectivity index (χ1) is 16.4. The highest BCUT2D eigenvalue weighted by Crippen LogP contribution is 2.41. The van der Waals surface area contributed by atoms with E-state index in [-0.39, 0.29) is 5.25 Å². The molecule has 0 aliphatic heterocycles. The molecule has 3 N–H and O–H groups in total. The predicted octanol–water partition coefficient (Wildman–Crippen LogP) is 6.31. The average Bonchev–Trinajstić information content (AvgIpc) is 3.30. The van der Waals surface area contributed by atoms with E-state index in [0.717, 1.165) is 21.2 Å². The number of nitrogens with one attached hydrogen (secondary N) is 1. The smallest absolute Gasteiger partial charge is 0.188 e. The molecular weight excluding hydrogens is 492 g/mol. The van der Waals surface area contributed by atoms with Crippen LogP contribution in [0.2, 0.25) is 5.02 Å². The van der Waals surface area contributed by atoms with E-state index in [2.05, 4.69) is 27.2 Å². The highest BCUT2D eigenvalue weighted by molar-refractivity contribution is 7.99. The molecular formula is C24H23ClN4O3S2. The van der Waals surface area contributed by atoms with Crippen molar-refractivity contribution in [1.29, 1.82) is 0 Å². The van der Waals surface area contributed by atoms with Crippen molar-refractivity contribution in [2.75, 3.05) is 11.9 Å². The molecule has 0 bridgehead atoms. The third-order valence-corrected chi connectivity index (χ3v) is 7.15. The number of thioether (sulfide) groups is 1. The van der Waals surface area contributed by atoms with Gasteiger partial charge in [-0.2, -0.15) is 0 Å². The van der Waals surface area contributed by atoms with Gasteiger partial charge >= 0.3 is 0 Å². The van der Waals surface area contributed by atoms with Gasteiger partial charge in [0.1, 0.15) is 11.9 Å². The van der Waals surface area contributed by atoms with Crippen LogP contribution in [-0.2, 0) is 0 Å². The third kappa shape index (κ3) is 5.86. The number of benzene rings is 1. The highest BCUT2D eigenvalue weighted by atomic mass is 35.5. The van der Waals surface area contributed by atoms with E-state index in [9.17, 15) is 5.11 Å². The number of halogens is 1. The van der Waals surface area contributed by atoms with Gasteiger partial charge in [0.2, 0.25) is 0 Å². The Morgan fingerprint density at radius 2 is 2.00 bits per heavy atom. The molecule has 2 atom stereocenters. The molecule has 0 radical (unpaired) electrons. The van der Waals surface area contributed by atoms with Crippen molar-refractivity contribution in [2.45, 2.75) is 30.1 Å². The normalized spacial score (nSPS) is 12.9. The first kappa shape index (κ1) is 24.4. The van der Waals surface area contributed by atoms with Crippen LogP contribution in [-0.4, -0.2) is 31.8 Å². The zero-order valence-corrected chi connectivity index (χ0v) is 20.9. The van der Waals surface area contributed by atoms with E-state index >= 15 is 0 Å². The van der Waals surface area contributed by atoms with Crippen molar-refractivity contribution in [3.05, 3.63) is 82.2 Å². The molecule has 10 heteroatoms. The van der Waals surface area contributed by atoms with E-state index in [1.165, 1.54) is 11.3 Å². The van der Waals surface area contributed by atoms with E-state index < -0.39 is 12.7 Å². The van der Waals surface area contributed by atoms with Crippen molar-refractivity contribution < 1.29 is 14.9 Å². The molecule has 176 valence electrons. The zero-order chi connectivity index (χ0) is 24.1. The van der Waals surface area contributed by atoms with Gasteiger partial charge in [0, 0.05) is 32.9 Å². The molecule has 0 aliphatic rings. The van der Waals surface area contributed by atoms with Gasteiger partial charge in [0.25, 0.3) is 0 Å². The summed E-state index contributed by atoms with van der Waals surface area (Å²) in [5.74, 6) is 1.59. The topological polar surface area (TPSA) is 100 Å². The fourth-order valence-corrected chi connectivity index (χ4v) is 5.27. The second-order valence-corrected chi connectivity index (χ2v) is 10.1. The van der Waals surface area contributed by atoms with Crippen LogP contribution in [0, 0.1) is 6.92 Å². The molecule has 4 aromatic rings. The maximum absolute atomic E-state index is 9.83. The Morgan fingerprint density at radius 1 is 1.18 bits per heavy atom. The molecule has 2 unspecified atom stereocenters. The maximum atomic E-state index is 9.83. The number of rotatable bonds is 9. The average molecular weight is 515 g/mol. The molecule has 3 heterocycles. The summed E-state index contributed by atoms with van der Waals surface area (Å²) in [4.78, 5) is 14.1. The van der Waals surface area contributed by atoms with Gasteiger partial charge in [-0.25, -0.2) is 9.97 Å². The fourth-order valence-electron chi connectivity index (χ4n) is 3.12. The molecule has 3 aromatic heterocycles. The van der Waals surface area contributed by atoms with Gasteiger partial charge in [-0.1, -0.05) is 29.8 Å². The van der Waals surface area contributed by atoms with Crippen molar-refractivity contribution in [3.63, 3.8) is 0 Å².